The summed E-state index contributed by atoms with van der Waals surface area (Å²) in [6.07, 6.45) is -1.35. The molecule has 112 valence electrons. The lowest BCUT2D eigenvalue weighted by Gasteiger charge is -2.13. The van der Waals surface area contributed by atoms with E-state index in [4.69, 9.17) is 5.73 Å². The molecule has 21 heavy (non-hydrogen) atoms. The van der Waals surface area contributed by atoms with Gasteiger partial charge in [0.05, 0.1) is 23.0 Å². The largest absolute Gasteiger partial charge is 0.418 e. The van der Waals surface area contributed by atoms with Gasteiger partial charge in [-0.3, -0.25) is 9.48 Å². The molecule has 0 atom stereocenters. The van der Waals surface area contributed by atoms with Gasteiger partial charge in [-0.1, -0.05) is 6.07 Å². The van der Waals surface area contributed by atoms with Gasteiger partial charge in [-0.2, -0.15) is 18.3 Å². The van der Waals surface area contributed by atoms with Crippen LogP contribution in [0, 0.1) is 0 Å². The van der Waals surface area contributed by atoms with Crippen molar-refractivity contribution in [2.45, 2.75) is 12.7 Å². The molecule has 1 aromatic heterocycles. The Labute approximate surface area is 118 Å². The highest BCUT2D eigenvalue weighted by atomic mass is 19.4. The van der Waals surface area contributed by atoms with Crippen molar-refractivity contribution in [1.82, 2.24) is 15.1 Å². The van der Waals surface area contributed by atoms with Crippen LogP contribution in [0.2, 0.25) is 0 Å². The first-order chi connectivity index (χ1) is 9.79. The number of benzene rings is 1. The normalized spacial score (nSPS) is 11.4. The number of nitrogen functional groups attached to an aromatic ring is 1. The number of amides is 1. The van der Waals surface area contributed by atoms with Gasteiger partial charge in [-0.15, -0.1) is 0 Å². The highest BCUT2D eigenvalue weighted by Gasteiger charge is 2.34. The smallest absolute Gasteiger partial charge is 0.398 e. The van der Waals surface area contributed by atoms with E-state index in [1.54, 1.807) is 24.1 Å². The van der Waals surface area contributed by atoms with Crippen molar-refractivity contribution in [3.05, 3.63) is 47.3 Å². The molecule has 0 spiro atoms. The highest BCUT2D eigenvalue weighted by molar-refractivity contribution is 5.99. The quantitative estimate of drug-likeness (QED) is 0.851. The van der Waals surface area contributed by atoms with Crippen molar-refractivity contribution in [2.75, 3.05) is 5.73 Å². The number of hydrogen-bond acceptors (Lipinski definition) is 3. The summed E-state index contributed by atoms with van der Waals surface area (Å²) in [7, 11) is 1.72. The van der Waals surface area contributed by atoms with E-state index in [1.807, 2.05) is 0 Å². The predicted molar refractivity (Wildman–Crippen MR) is 70.2 cm³/mol. The van der Waals surface area contributed by atoms with Gasteiger partial charge in [0.1, 0.15) is 0 Å². The third-order valence-electron chi connectivity index (χ3n) is 2.87. The third kappa shape index (κ3) is 3.33. The Hall–Kier alpha value is -2.51. The van der Waals surface area contributed by atoms with E-state index in [9.17, 15) is 18.0 Å². The molecule has 0 bridgehead atoms. The van der Waals surface area contributed by atoms with Gasteiger partial charge in [0.25, 0.3) is 5.91 Å². The maximum atomic E-state index is 12.7. The van der Waals surface area contributed by atoms with Crippen molar-refractivity contribution >= 4 is 11.6 Å². The molecule has 0 aliphatic heterocycles. The molecule has 1 aromatic carbocycles. The number of nitrogens with one attached hydrogen (secondary N) is 1. The lowest BCUT2D eigenvalue weighted by molar-refractivity contribution is -0.136. The topological polar surface area (TPSA) is 72.9 Å². The minimum atomic E-state index is -4.59. The van der Waals surface area contributed by atoms with Crippen molar-refractivity contribution in [3.8, 4) is 0 Å². The average Bonchev–Trinajstić information content (AvgIpc) is 2.80. The van der Waals surface area contributed by atoms with E-state index >= 15 is 0 Å². The Balaban J connectivity index is 2.16. The van der Waals surface area contributed by atoms with Crippen LogP contribution in [0.4, 0.5) is 18.9 Å². The summed E-state index contributed by atoms with van der Waals surface area (Å²) in [4.78, 5) is 11.9. The van der Waals surface area contributed by atoms with Crippen LogP contribution in [-0.4, -0.2) is 15.7 Å². The molecule has 0 aliphatic carbocycles. The van der Waals surface area contributed by atoms with Crippen molar-refractivity contribution in [2.24, 2.45) is 7.05 Å². The van der Waals surface area contributed by atoms with E-state index in [0.29, 0.717) is 0 Å². The Kier molecular flexibility index (Phi) is 3.88. The third-order valence-corrected chi connectivity index (χ3v) is 2.87. The molecule has 5 nitrogen and oxygen atoms in total. The van der Waals surface area contributed by atoms with Crippen LogP contribution in [-0.2, 0) is 19.8 Å². The fourth-order valence-corrected chi connectivity index (χ4v) is 1.85. The molecular formula is C13H13F3N4O. The maximum absolute atomic E-state index is 12.7. The molecular weight excluding hydrogens is 285 g/mol. The minimum absolute atomic E-state index is 0.155. The first-order valence-corrected chi connectivity index (χ1v) is 6.00. The maximum Gasteiger partial charge on any atom is 0.418 e. The molecule has 0 saturated carbocycles. The summed E-state index contributed by atoms with van der Waals surface area (Å²) in [5, 5.41) is 6.43. The summed E-state index contributed by atoms with van der Waals surface area (Å²) < 4.78 is 39.7. The van der Waals surface area contributed by atoms with Crippen molar-refractivity contribution in [1.29, 1.82) is 0 Å². The molecule has 2 rings (SSSR count). The number of para-hydroxylation sites is 1. The number of aryl methyl sites for hydroxylation is 1. The molecule has 0 radical (unpaired) electrons. The van der Waals surface area contributed by atoms with Gasteiger partial charge in [-0.25, -0.2) is 0 Å². The molecule has 0 unspecified atom stereocenters. The zero-order chi connectivity index (χ0) is 15.6. The highest BCUT2D eigenvalue weighted by Crippen LogP contribution is 2.34. The van der Waals surface area contributed by atoms with Gasteiger partial charge in [0, 0.05) is 25.4 Å². The van der Waals surface area contributed by atoms with Gasteiger partial charge in [0.2, 0.25) is 0 Å². The van der Waals surface area contributed by atoms with E-state index in [0.717, 1.165) is 17.7 Å². The molecule has 0 aliphatic rings. The average molecular weight is 298 g/mol. The van der Waals surface area contributed by atoms with Crippen molar-refractivity contribution < 1.29 is 18.0 Å². The zero-order valence-electron chi connectivity index (χ0n) is 11.1. The van der Waals surface area contributed by atoms with Gasteiger partial charge in [-0.05, 0) is 12.1 Å². The second kappa shape index (κ2) is 5.47. The Morgan fingerprint density at radius 1 is 1.43 bits per heavy atom. The summed E-state index contributed by atoms with van der Waals surface area (Å²) in [5.41, 5.74) is 4.39. The lowest BCUT2D eigenvalue weighted by Crippen LogP contribution is -2.24. The summed E-state index contributed by atoms with van der Waals surface area (Å²) >= 11 is 0. The zero-order valence-corrected chi connectivity index (χ0v) is 11.1. The lowest BCUT2D eigenvalue weighted by atomic mass is 10.1. The predicted octanol–water partition coefficient (Wildman–Crippen LogP) is 1.95. The number of anilines is 1. The van der Waals surface area contributed by atoms with Gasteiger partial charge >= 0.3 is 6.18 Å². The van der Waals surface area contributed by atoms with Gasteiger partial charge in [0.15, 0.2) is 0 Å². The Bertz CT molecular complexity index is 664. The molecule has 1 heterocycles. The second-order valence-electron chi connectivity index (χ2n) is 4.47. The fraction of sp³-hybridized carbons (Fsp3) is 0.231. The number of halogens is 3. The monoisotopic (exact) mass is 298 g/mol. The van der Waals surface area contributed by atoms with E-state index in [2.05, 4.69) is 10.4 Å². The van der Waals surface area contributed by atoms with Crippen LogP contribution in [0.1, 0.15) is 21.5 Å². The molecule has 0 fully saturated rings. The number of hydrogen-bond donors (Lipinski definition) is 2. The number of carbonyl (C=O) groups is 1. The first-order valence-electron chi connectivity index (χ1n) is 6.00. The van der Waals surface area contributed by atoms with E-state index in [1.165, 1.54) is 6.07 Å². The second-order valence-corrected chi connectivity index (χ2v) is 4.47. The van der Waals surface area contributed by atoms with Crippen LogP contribution >= 0.6 is 0 Å². The van der Waals surface area contributed by atoms with E-state index < -0.39 is 23.3 Å². The van der Waals surface area contributed by atoms with Crippen molar-refractivity contribution in [3.63, 3.8) is 0 Å². The summed E-state index contributed by atoms with van der Waals surface area (Å²) in [5.74, 6) is -0.664. The summed E-state index contributed by atoms with van der Waals surface area (Å²) in [6, 6.07) is 3.24. The molecule has 8 heteroatoms. The number of aromatic nitrogens is 2. The fourth-order valence-electron chi connectivity index (χ4n) is 1.85. The minimum Gasteiger partial charge on any atom is -0.398 e. The molecule has 2 aromatic rings. The molecule has 1 amide bonds. The Morgan fingerprint density at radius 3 is 2.71 bits per heavy atom. The number of nitrogens with zero attached hydrogens (tertiary/aromatic N) is 2. The number of rotatable bonds is 3. The Morgan fingerprint density at radius 2 is 2.14 bits per heavy atom. The summed E-state index contributed by atoms with van der Waals surface area (Å²) in [6.45, 7) is 0.155. The first kappa shape index (κ1) is 14.9. The van der Waals surface area contributed by atoms with Gasteiger partial charge < -0.3 is 11.1 Å². The number of nitrogens with two attached hydrogens (primary N) is 1. The van der Waals surface area contributed by atoms with E-state index in [-0.39, 0.29) is 12.1 Å². The van der Waals surface area contributed by atoms with Crippen LogP contribution in [0.25, 0.3) is 0 Å². The standard InChI is InChI=1S/C13H13F3N4O/c1-20-7-8(6-19-20)5-18-12(21)9-3-2-4-10(11(9)17)13(14,15)16/h2-4,6-7H,5,17H2,1H3,(H,18,21). The van der Waals surface area contributed by atoms with Crippen LogP contribution in [0.15, 0.2) is 30.6 Å². The van der Waals surface area contributed by atoms with Crippen LogP contribution < -0.4 is 11.1 Å². The van der Waals surface area contributed by atoms with Crippen LogP contribution in [0.5, 0.6) is 0 Å². The number of carbonyl (C=O) groups excluding carboxylic acids is 1. The molecule has 0 saturated heterocycles. The van der Waals surface area contributed by atoms with Crippen LogP contribution in [0.3, 0.4) is 0 Å². The molecule has 3 N–H and O–H groups in total. The SMILES string of the molecule is Cn1cc(CNC(=O)c2cccc(C(F)(F)F)c2N)cn1. The number of alkyl halides is 3.